The van der Waals surface area contributed by atoms with Gasteiger partial charge in [0, 0.05) is 19.1 Å². The number of benzene rings is 2. The van der Waals surface area contributed by atoms with Gasteiger partial charge in [0.2, 0.25) is 0 Å². The van der Waals surface area contributed by atoms with Crippen molar-refractivity contribution in [3.63, 3.8) is 0 Å². The van der Waals surface area contributed by atoms with Gasteiger partial charge in [0.15, 0.2) is 0 Å². The first-order chi connectivity index (χ1) is 13.0. The Morgan fingerprint density at radius 1 is 0.963 bits per heavy atom. The van der Waals surface area contributed by atoms with Gasteiger partial charge in [-0.15, -0.1) is 13.2 Å². The molecule has 1 fully saturated rings. The zero-order valence-corrected chi connectivity index (χ0v) is 15.2. The van der Waals surface area contributed by atoms with Crippen LogP contribution in [0.25, 0.3) is 0 Å². The van der Waals surface area contributed by atoms with Gasteiger partial charge in [-0.05, 0) is 55.6 Å². The summed E-state index contributed by atoms with van der Waals surface area (Å²) in [6, 6.07) is 17.0. The maximum atomic E-state index is 12.5. The monoisotopic (exact) mass is 378 g/mol. The first-order valence-electron chi connectivity index (χ1n) is 9.33. The third-order valence-corrected chi connectivity index (χ3v) is 4.87. The molecule has 1 aliphatic heterocycles. The molecule has 1 aliphatic rings. The molecule has 3 nitrogen and oxygen atoms in total. The number of hydrogen-bond donors (Lipinski definition) is 1. The van der Waals surface area contributed by atoms with E-state index < -0.39 is 6.36 Å². The van der Waals surface area contributed by atoms with E-state index in [1.165, 1.54) is 17.7 Å². The lowest BCUT2D eigenvalue weighted by Crippen LogP contribution is -2.43. The number of alkyl halides is 3. The van der Waals surface area contributed by atoms with E-state index in [-0.39, 0.29) is 5.75 Å². The van der Waals surface area contributed by atoms with Crippen molar-refractivity contribution in [2.75, 3.05) is 19.6 Å². The van der Waals surface area contributed by atoms with Gasteiger partial charge < -0.3 is 10.1 Å². The number of nitrogens with zero attached hydrogens (tertiary/aromatic N) is 1. The molecule has 1 saturated heterocycles. The van der Waals surface area contributed by atoms with E-state index in [4.69, 9.17) is 0 Å². The van der Waals surface area contributed by atoms with Crippen LogP contribution in [0.3, 0.4) is 0 Å². The standard InChI is InChI=1S/C21H25F3N2O/c22-21(23,24)27-20-8-4-7-18(15-20)16-26(19-9-12-25-13-10-19)14-11-17-5-2-1-3-6-17/h1-8,15,19,25H,9-14,16H2. The molecule has 0 atom stereocenters. The fraction of sp³-hybridized carbons (Fsp3) is 0.429. The zero-order valence-electron chi connectivity index (χ0n) is 15.2. The Morgan fingerprint density at radius 3 is 2.37 bits per heavy atom. The summed E-state index contributed by atoms with van der Waals surface area (Å²) in [5, 5.41) is 3.37. The Labute approximate surface area is 158 Å². The predicted molar refractivity (Wildman–Crippen MR) is 99.6 cm³/mol. The Balaban J connectivity index is 1.69. The molecule has 146 valence electrons. The highest BCUT2D eigenvalue weighted by Gasteiger charge is 2.31. The largest absolute Gasteiger partial charge is 0.573 e. The molecule has 6 heteroatoms. The van der Waals surface area contributed by atoms with E-state index in [2.05, 4.69) is 27.1 Å². The van der Waals surface area contributed by atoms with E-state index in [0.29, 0.717) is 12.6 Å². The minimum absolute atomic E-state index is 0.159. The van der Waals surface area contributed by atoms with Crippen molar-refractivity contribution in [2.45, 2.75) is 38.2 Å². The maximum Gasteiger partial charge on any atom is 0.573 e. The lowest BCUT2D eigenvalue weighted by atomic mass is 10.0. The SMILES string of the molecule is FC(F)(F)Oc1cccc(CN(CCc2ccccc2)C2CCNCC2)c1. The van der Waals surface area contributed by atoms with Gasteiger partial charge >= 0.3 is 6.36 Å². The highest BCUT2D eigenvalue weighted by Crippen LogP contribution is 2.25. The summed E-state index contributed by atoms with van der Waals surface area (Å²) in [5.74, 6) is -0.159. The van der Waals surface area contributed by atoms with Crippen molar-refractivity contribution in [3.8, 4) is 5.75 Å². The quantitative estimate of drug-likeness (QED) is 0.774. The number of ether oxygens (including phenoxy) is 1. The number of rotatable bonds is 7. The second-order valence-corrected chi connectivity index (χ2v) is 6.88. The van der Waals surface area contributed by atoms with Crippen LogP contribution in [0.1, 0.15) is 24.0 Å². The van der Waals surface area contributed by atoms with Crippen molar-refractivity contribution in [3.05, 3.63) is 65.7 Å². The van der Waals surface area contributed by atoms with Crippen LogP contribution in [0.15, 0.2) is 54.6 Å². The van der Waals surface area contributed by atoms with Crippen LogP contribution in [-0.4, -0.2) is 36.9 Å². The van der Waals surface area contributed by atoms with Crippen LogP contribution < -0.4 is 10.1 Å². The molecule has 1 heterocycles. The van der Waals surface area contributed by atoms with Gasteiger partial charge in [-0.2, -0.15) is 0 Å². The summed E-state index contributed by atoms with van der Waals surface area (Å²) < 4.78 is 41.6. The van der Waals surface area contributed by atoms with Gasteiger partial charge in [0.25, 0.3) is 0 Å². The third kappa shape index (κ3) is 6.56. The van der Waals surface area contributed by atoms with Gasteiger partial charge in [-0.3, -0.25) is 4.90 Å². The molecule has 0 radical (unpaired) electrons. The lowest BCUT2D eigenvalue weighted by Gasteiger charge is -2.35. The Hall–Kier alpha value is -2.05. The van der Waals surface area contributed by atoms with Crippen molar-refractivity contribution in [1.29, 1.82) is 0 Å². The van der Waals surface area contributed by atoms with Crippen LogP contribution in [0.2, 0.25) is 0 Å². The fourth-order valence-corrected chi connectivity index (χ4v) is 3.56. The minimum atomic E-state index is -4.67. The summed E-state index contributed by atoms with van der Waals surface area (Å²) in [4.78, 5) is 2.39. The molecule has 1 N–H and O–H groups in total. The molecule has 0 bridgehead atoms. The van der Waals surface area contributed by atoms with Gasteiger partial charge in [-0.25, -0.2) is 0 Å². The van der Waals surface area contributed by atoms with E-state index in [0.717, 1.165) is 44.5 Å². The fourth-order valence-electron chi connectivity index (χ4n) is 3.56. The summed E-state index contributed by atoms with van der Waals surface area (Å²) >= 11 is 0. The molecule has 0 amide bonds. The van der Waals surface area contributed by atoms with E-state index in [1.54, 1.807) is 6.07 Å². The van der Waals surface area contributed by atoms with Crippen LogP contribution >= 0.6 is 0 Å². The zero-order chi connectivity index (χ0) is 19.1. The molecule has 0 saturated carbocycles. The highest BCUT2D eigenvalue weighted by atomic mass is 19.4. The first kappa shape index (κ1) is 19.7. The van der Waals surface area contributed by atoms with Crippen molar-refractivity contribution < 1.29 is 17.9 Å². The van der Waals surface area contributed by atoms with Gasteiger partial charge in [0.1, 0.15) is 5.75 Å². The summed E-state index contributed by atoms with van der Waals surface area (Å²) in [5.41, 5.74) is 2.11. The summed E-state index contributed by atoms with van der Waals surface area (Å²) in [6.07, 6.45) is -1.65. The molecule has 2 aromatic rings. The first-order valence-corrected chi connectivity index (χ1v) is 9.33. The predicted octanol–water partition coefficient (Wildman–Crippen LogP) is 4.38. The second kappa shape index (κ2) is 9.24. The van der Waals surface area contributed by atoms with Crippen molar-refractivity contribution in [2.24, 2.45) is 0 Å². The average Bonchev–Trinajstić information content (AvgIpc) is 2.65. The Kier molecular flexibility index (Phi) is 6.74. The number of piperidine rings is 1. The number of nitrogens with one attached hydrogen (secondary N) is 1. The van der Waals surface area contributed by atoms with Crippen LogP contribution in [0.4, 0.5) is 13.2 Å². The molecular weight excluding hydrogens is 353 g/mol. The average molecular weight is 378 g/mol. The second-order valence-electron chi connectivity index (χ2n) is 6.88. The highest BCUT2D eigenvalue weighted by molar-refractivity contribution is 5.28. The molecule has 0 unspecified atom stereocenters. The number of halogens is 3. The third-order valence-electron chi connectivity index (χ3n) is 4.87. The van der Waals surface area contributed by atoms with Crippen LogP contribution in [0.5, 0.6) is 5.75 Å². The molecule has 3 rings (SSSR count). The molecule has 0 aliphatic carbocycles. The smallest absolute Gasteiger partial charge is 0.406 e. The molecule has 0 spiro atoms. The molecule has 2 aromatic carbocycles. The molecule has 0 aromatic heterocycles. The summed E-state index contributed by atoms with van der Waals surface area (Å²) in [6.45, 7) is 3.44. The maximum absolute atomic E-state index is 12.5. The molecule has 27 heavy (non-hydrogen) atoms. The normalized spacial score (nSPS) is 15.9. The Bertz CT molecular complexity index is 700. The Morgan fingerprint density at radius 2 is 1.67 bits per heavy atom. The van der Waals surface area contributed by atoms with E-state index in [9.17, 15) is 13.2 Å². The topological polar surface area (TPSA) is 24.5 Å². The number of hydrogen-bond acceptors (Lipinski definition) is 3. The van der Waals surface area contributed by atoms with Gasteiger partial charge in [-0.1, -0.05) is 42.5 Å². The van der Waals surface area contributed by atoms with Crippen LogP contribution in [-0.2, 0) is 13.0 Å². The van der Waals surface area contributed by atoms with Crippen LogP contribution in [0, 0.1) is 0 Å². The molecular formula is C21H25F3N2O. The van der Waals surface area contributed by atoms with E-state index in [1.807, 2.05) is 24.3 Å². The van der Waals surface area contributed by atoms with Crippen molar-refractivity contribution >= 4 is 0 Å². The summed E-state index contributed by atoms with van der Waals surface area (Å²) in [7, 11) is 0. The van der Waals surface area contributed by atoms with E-state index >= 15 is 0 Å². The minimum Gasteiger partial charge on any atom is -0.406 e. The van der Waals surface area contributed by atoms with Crippen molar-refractivity contribution in [1.82, 2.24) is 10.2 Å². The lowest BCUT2D eigenvalue weighted by molar-refractivity contribution is -0.274. The van der Waals surface area contributed by atoms with Gasteiger partial charge in [0.05, 0.1) is 0 Å².